The van der Waals surface area contributed by atoms with Gasteiger partial charge in [-0.1, -0.05) is 12.1 Å². The SMILES string of the molecule is CNC(=O)c1cccc(-c2ccc(NC(=O)C(C)NC)c(=O)n2Cc2cc(C(=O)c3ccc(F)cc3)cc(C(F)(F)F)c2)c1. The van der Waals surface area contributed by atoms with E-state index in [1.807, 2.05) is 0 Å². The Labute approximate surface area is 249 Å². The van der Waals surface area contributed by atoms with Crippen molar-refractivity contribution < 1.29 is 31.9 Å². The topological polar surface area (TPSA) is 109 Å². The molecule has 0 spiro atoms. The van der Waals surface area contributed by atoms with Gasteiger partial charge in [-0.2, -0.15) is 13.2 Å². The molecular weight excluding hydrogens is 580 g/mol. The largest absolute Gasteiger partial charge is 0.416 e. The second-order valence-corrected chi connectivity index (χ2v) is 9.94. The van der Waals surface area contributed by atoms with Crippen LogP contribution in [0.15, 0.2) is 83.7 Å². The molecule has 3 N–H and O–H groups in total. The fourth-order valence-electron chi connectivity index (χ4n) is 4.45. The van der Waals surface area contributed by atoms with Gasteiger partial charge in [-0.3, -0.25) is 19.2 Å². The molecule has 1 heterocycles. The number of pyridine rings is 1. The molecule has 2 amide bonds. The highest BCUT2D eigenvalue weighted by molar-refractivity contribution is 6.09. The number of halogens is 4. The van der Waals surface area contributed by atoms with Crippen LogP contribution in [-0.2, 0) is 17.5 Å². The van der Waals surface area contributed by atoms with Crippen LogP contribution in [0.25, 0.3) is 11.3 Å². The highest BCUT2D eigenvalue weighted by Gasteiger charge is 2.32. The number of alkyl halides is 3. The van der Waals surface area contributed by atoms with Crippen LogP contribution in [0, 0.1) is 5.82 Å². The standard InChI is InChI=1S/C32H28F4N4O4/c1-18(37-2)29(42)39-26-11-12-27(21-5-4-6-22(15-21)30(43)38-3)40(31(26)44)17-19-13-23(16-24(14-19)32(34,35)36)28(41)20-7-9-25(33)10-8-20/h4-16,18,37H,17H2,1-3H3,(H,38,43)(H,39,42). The zero-order chi connectivity index (χ0) is 32.2. The molecule has 1 aromatic heterocycles. The van der Waals surface area contributed by atoms with Gasteiger partial charge in [0.2, 0.25) is 5.91 Å². The van der Waals surface area contributed by atoms with E-state index >= 15 is 0 Å². The number of carbonyl (C=O) groups excluding carboxylic acids is 3. The Hall–Kier alpha value is -5.10. The van der Waals surface area contributed by atoms with Crippen molar-refractivity contribution in [3.05, 3.63) is 123 Å². The molecule has 0 aliphatic rings. The number of amides is 2. The number of likely N-dealkylation sites (N-methyl/N-ethyl adjacent to an activating group) is 1. The summed E-state index contributed by atoms with van der Waals surface area (Å²) in [6.45, 7) is 1.14. The molecule has 0 fully saturated rings. The quantitative estimate of drug-likeness (QED) is 0.186. The number of nitrogens with one attached hydrogen (secondary N) is 3. The number of carbonyl (C=O) groups is 3. The predicted molar refractivity (Wildman–Crippen MR) is 157 cm³/mol. The first-order valence-corrected chi connectivity index (χ1v) is 13.4. The fourth-order valence-corrected chi connectivity index (χ4v) is 4.45. The second kappa shape index (κ2) is 13.0. The minimum absolute atomic E-state index is 0.0242. The first-order chi connectivity index (χ1) is 20.8. The molecule has 0 saturated carbocycles. The lowest BCUT2D eigenvalue weighted by Gasteiger charge is -2.18. The Morgan fingerprint density at radius 2 is 1.57 bits per heavy atom. The number of benzene rings is 3. The van der Waals surface area contributed by atoms with Crippen molar-refractivity contribution in [2.45, 2.75) is 25.7 Å². The summed E-state index contributed by atoms with van der Waals surface area (Å²) in [5.41, 5.74) is -1.44. The summed E-state index contributed by atoms with van der Waals surface area (Å²) in [7, 11) is 3.01. The molecule has 12 heteroatoms. The second-order valence-electron chi connectivity index (χ2n) is 9.94. The molecule has 3 aromatic carbocycles. The van der Waals surface area contributed by atoms with E-state index in [0.29, 0.717) is 11.6 Å². The van der Waals surface area contributed by atoms with Crippen LogP contribution in [0.1, 0.15) is 44.3 Å². The maximum atomic E-state index is 14.0. The summed E-state index contributed by atoms with van der Waals surface area (Å²) in [5.74, 6) is -2.30. The molecule has 0 saturated heterocycles. The zero-order valence-corrected chi connectivity index (χ0v) is 23.9. The van der Waals surface area contributed by atoms with E-state index in [1.165, 1.54) is 31.3 Å². The van der Waals surface area contributed by atoms with Crippen molar-refractivity contribution in [2.75, 3.05) is 19.4 Å². The summed E-state index contributed by atoms with van der Waals surface area (Å²) in [4.78, 5) is 51.7. The predicted octanol–water partition coefficient (Wildman–Crippen LogP) is 4.86. The molecule has 44 heavy (non-hydrogen) atoms. The van der Waals surface area contributed by atoms with Gasteiger partial charge in [0.05, 0.1) is 23.8 Å². The first kappa shape index (κ1) is 31.8. The number of hydrogen-bond donors (Lipinski definition) is 3. The van der Waals surface area contributed by atoms with E-state index in [0.717, 1.165) is 34.9 Å². The van der Waals surface area contributed by atoms with Crippen LogP contribution in [0.5, 0.6) is 0 Å². The third-order valence-electron chi connectivity index (χ3n) is 6.94. The summed E-state index contributed by atoms with van der Waals surface area (Å²) in [6, 6.07) is 15.6. The Morgan fingerprint density at radius 3 is 2.20 bits per heavy atom. The lowest BCUT2D eigenvalue weighted by atomic mass is 9.98. The zero-order valence-electron chi connectivity index (χ0n) is 23.9. The van der Waals surface area contributed by atoms with Gasteiger partial charge in [-0.05, 0) is 91.8 Å². The smallest absolute Gasteiger partial charge is 0.355 e. The minimum Gasteiger partial charge on any atom is -0.355 e. The van der Waals surface area contributed by atoms with Gasteiger partial charge in [0.25, 0.3) is 11.5 Å². The van der Waals surface area contributed by atoms with Crippen molar-refractivity contribution in [3.8, 4) is 11.3 Å². The molecule has 0 aliphatic heterocycles. The number of hydrogen-bond acceptors (Lipinski definition) is 5. The number of ketones is 1. The van der Waals surface area contributed by atoms with Gasteiger partial charge >= 0.3 is 6.18 Å². The Kier molecular flexibility index (Phi) is 9.43. The van der Waals surface area contributed by atoms with Gasteiger partial charge in [-0.15, -0.1) is 0 Å². The highest BCUT2D eigenvalue weighted by Crippen LogP contribution is 2.32. The van der Waals surface area contributed by atoms with Gasteiger partial charge in [0.1, 0.15) is 11.5 Å². The van der Waals surface area contributed by atoms with E-state index in [2.05, 4.69) is 16.0 Å². The molecule has 228 valence electrons. The van der Waals surface area contributed by atoms with Gasteiger partial charge < -0.3 is 20.5 Å². The van der Waals surface area contributed by atoms with Crippen LogP contribution in [0.2, 0.25) is 0 Å². The van der Waals surface area contributed by atoms with Crippen LogP contribution >= 0.6 is 0 Å². The third kappa shape index (κ3) is 7.09. The van der Waals surface area contributed by atoms with Crippen molar-refractivity contribution >= 4 is 23.3 Å². The average Bonchev–Trinajstić information content (AvgIpc) is 3.01. The van der Waals surface area contributed by atoms with Crippen LogP contribution in [0.4, 0.5) is 23.2 Å². The fraction of sp³-hybridized carbons (Fsp3) is 0.188. The monoisotopic (exact) mass is 608 g/mol. The summed E-state index contributed by atoms with van der Waals surface area (Å²) in [5, 5.41) is 7.79. The van der Waals surface area contributed by atoms with Crippen molar-refractivity contribution in [2.24, 2.45) is 0 Å². The number of anilines is 1. The van der Waals surface area contributed by atoms with Crippen molar-refractivity contribution in [3.63, 3.8) is 0 Å². The third-order valence-corrected chi connectivity index (χ3v) is 6.94. The molecule has 8 nitrogen and oxygen atoms in total. The molecule has 1 atom stereocenters. The Balaban J connectivity index is 1.89. The molecule has 0 aliphatic carbocycles. The van der Waals surface area contributed by atoms with E-state index in [9.17, 15) is 36.7 Å². The van der Waals surface area contributed by atoms with Crippen LogP contribution in [0.3, 0.4) is 0 Å². The lowest BCUT2D eigenvalue weighted by Crippen LogP contribution is -2.37. The highest BCUT2D eigenvalue weighted by atomic mass is 19.4. The van der Waals surface area contributed by atoms with E-state index < -0.39 is 53.3 Å². The van der Waals surface area contributed by atoms with Crippen molar-refractivity contribution in [1.29, 1.82) is 0 Å². The molecule has 0 bridgehead atoms. The molecule has 4 rings (SSSR count). The Bertz CT molecular complexity index is 1780. The normalized spacial score (nSPS) is 12.0. The summed E-state index contributed by atoms with van der Waals surface area (Å²) < 4.78 is 56.5. The van der Waals surface area contributed by atoms with Gasteiger partial charge in [0, 0.05) is 23.7 Å². The van der Waals surface area contributed by atoms with Gasteiger partial charge in [0.15, 0.2) is 5.78 Å². The molecular formula is C32H28F4N4O4. The maximum Gasteiger partial charge on any atom is 0.416 e. The van der Waals surface area contributed by atoms with Crippen molar-refractivity contribution in [1.82, 2.24) is 15.2 Å². The number of rotatable bonds is 9. The molecule has 1 unspecified atom stereocenters. The van der Waals surface area contributed by atoms with Crippen LogP contribution < -0.4 is 21.5 Å². The van der Waals surface area contributed by atoms with E-state index in [-0.39, 0.29) is 33.6 Å². The number of aromatic nitrogens is 1. The van der Waals surface area contributed by atoms with Gasteiger partial charge in [-0.25, -0.2) is 4.39 Å². The molecule has 0 radical (unpaired) electrons. The van der Waals surface area contributed by atoms with E-state index in [1.54, 1.807) is 32.2 Å². The minimum atomic E-state index is -4.83. The summed E-state index contributed by atoms with van der Waals surface area (Å²) >= 11 is 0. The Morgan fingerprint density at radius 1 is 0.864 bits per heavy atom. The average molecular weight is 609 g/mol. The number of nitrogens with zero attached hydrogens (tertiary/aromatic N) is 1. The summed E-state index contributed by atoms with van der Waals surface area (Å²) in [6.07, 6.45) is -4.83. The molecule has 4 aromatic rings. The van der Waals surface area contributed by atoms with Crippen LogP contribution in [-0.4, -0.2) is 42.3 Å². The maximum absolute atomic E-state index is 14.0. The van der Waals surface area contributed by atoms with E-state index in [4.69, 9.17) is 0 Å². The lowest BCUT2D eigenvalue weighted by molar-refractivity contribution is -0.137. The first-order valence-electron chi connectivity index (χ1n) is 13.4.